The minimum absolute atomic E-state index is 0. The molecule has 30 heavy (non-hydrogen) atoms. The Balaban J connectivity index is 0.00000256. The van der Waals surface area contributed by atoms with Crippen LogP contribution in [0.25, 0.3) is 0 Å². The Morgan fingerprint density at radius 3 is 2.47 bits per heavy atom. The highest BCUT2D eigenvalue weighted by atomic mass is 127. The molecule has 0 amide bonds. The van der Waals surface area contributed by atoms with Crippen molar-refractivity contribution in [2.75, 3.05) is 46.4 Å². The van der Waals surface area contributed by atoms with Gasteiger partial charge in [-0.25, -0.2) is 0 Å². The van der Waals surface area contributed by atoms with Crippen molar-refractivity contribution in [3.8, 4) is 5.75 Å². The van der Waals surface area contributed by atoms with Crippen LogP contribution in [0.15, 0.2) is 46.1 Å². The van der Waals surface area contributed by atoms with Gasteiger partial charge in [0.2, 0.25) is 0 Å². The Bertz CT molecular complexity index is 797. The van der Waals surface area contributed by atoms with Crippen LogP contribution in [0.2, 0.25) is 0 Å². The number of ether oxygens (including phenoxy) is 1. The molecule has 2 aromatic rings. The highest BCUT2D eigenvalue weighted by Crippen LogP contribution is 2.48. The number of piperazine rings is 1. The fourth-order valence-corrected chi connectivity index (χ4v) is 3.95. The Morgan fingerprint density at radius 1 is 1.17 bits per heavy atom. The average Bonchev–Trinajstić information content (AvgIpc) is 3.39. The molecule has 0 spiro atoms. The van der Waals surface area contributed by atoms with Gasteiger partial charge in [0.15, 0.2) is 5.96 Å². The van der Waals surface area contributed by atoms with E-state index in [9.17, 15) is 0 Å². The van der Waals surface area contributed by atoms with E-state index in [2.05, 4.69) is 51.5 Å². The molecule has 2 fully saturated rings. The lowest BCUT2D eigenvalue weighted by Gasteiger charge is -2.36. The first-order valence-electron chi connectivity index (χ1n) is 10.5. The number of rotatable bonds is 7. The van der Waals surface area contributed by atoms with Crippen LogP contribution in [-0.2, 0) is 12.0 Å². The summed E-state index contributed by atoms with van der Waals surface area (Å²) in [6.07, 6.45) is 4.04. The summed E-state index contributed by atoms with van der Waals surface area (Å²) in [6, 6.07) is 10.4. The number of hydrogen-bond donors (Lipinski definition) is 1. The van der Waals surface area contributed by atoms with Gasteiger partial charge in [0.05, 0.1) is 19.3 Å². The maximum Gasteiger partial charge on any atom is 0.194 e. The summed E-state index contributed by atoms with van der Waals surface area (Å²) in [7, 11) is 1.71. The number of benzene rings is 1. The Labute approximate surface area is 195 Å². The number of aromatic nitrogens is 1. The lowest BCUT2D eigenvalue weighted by Crippen LogP contribution is -2.52. The maximum absolute atomic E-state index is 5.30. The third-order valence-corrected chi connectivity index (χ3v) is 5.97. The molecular weight excluding hydrogens is 493 g/mol. The van der Waals surface area contributed by atoms with Gasteiger partial charge in [-0.15, -0.1) is 24.0 Å². The summed E-state index contributed by atoms with van der Waals surface area (Å²) in [5.74, 6) is 1.94. The second kappa shape index (κ2) is 10.5. The lowest BCUT2D eigenvalue weighted by molar-refractivity contribution is 0.169. The monoisotopic (exact) mass is 525 g/mol. The summed E-state index contributed by atoms with van der Waals surface area (Å²) < 4.78 is 10.2. The van der Waals surface area contributed by atoms with Crippen molar-refractivity contribution in [2.24, 2.45) is 4.99 Å². The molecule has 0 bridgehead atoms. The van der Waals surface area contributed by atoms with Gasteiger partial charge in [-0.3, -0.25) is 9.89 Å². The minimum atomic E-state index is 0. The van der Waals surface area contributed by atoms with Crippen molar-refractivity contribution in [1.29, 1.82) is 0 Å². The first kappa shape index (κ1) is 22.9. The number of aliphatic imine (C=N–C) groups is 1. The van der Waals surface area contributed by atoms with Crippen LogP contribution in [0, 0.1) is 0 Å². The molecule has 0 radical (unpaired) electrons. The van der Waals surface area contributed by atoms with Crippen molar-refractivity contribution >= 4 is 29.9 Å². The van der Waals surface area contributed by atoms with Gasteiger partial charge in [-0.05, 0) is 37.5 Å². The molecule has 0 unspecified atom stereocenters. The predicted octanol–water partition coefficient (Wildman–Crippen LogP) is 3.12. The van der Waals surface area contributed by atoms with E-state index in [1.807, 2.05) is 6.07 Å². The van der Waals surface area contributed by atoms with Crippen LogP contribution in [0.3, 0.4) is 0 Å². The van der Waals surface area contributed by atoms with Crippen LogP contribution in [0.1, 0.15) is 31.0 Å². The van der Waals surface area contributed by atoms with Gasteiger partial charge in [-0.1, -0.05) is 17.3 Å². The third kappa shape index (κ3) is 5.46. The largest absolute Gasteiger partial charge is 0.497 e. The van der Waals surface area contributed by atoms with Crippen molar-refractivity contribution in [1.82, 2.24) is 20.3 Å². The molecule has 0 atom stereocenters. The fourth-order valence-electron chi connectivity index (χ4n) is 3.95. The van der Waals surface area contributed by atoms with Crippen LogP contribution in [0.4, 0.5) is 0 Å². The zero-order chi connectivity index (χ0) is 20.1. The van der Waals surface area contributed by atoms with Gasteiger partial charge in [0.1, 0.15) is 12.0 Å². The molecular formula is C22H32IN5O2. The molecule has 2 heterocycles. The number of methoxy groups -OCH3 is 1. The number of guanidine groups is 1. The van der Waals surface area contributed by atoms with Gasteiger partial charge >= 0.3 is 0 Å². The van der Waals surface area contributed by atoms with Crippen molar-refractivity contribution in [3.63, 3.8) is 0 Å². The molecule has 1 aliphatic carbocycles. The Morgan fingerprint density at radius 2 is 1.90 bits per heavy atom. The van der Waals surface area contributed by atoms with E-state index in [4.69, 9.17) is 14.3 Å². The van der Waals surface area contributed by atoms with Crippen molar-refractivity contribution in [2.45, 2.75) is 31.7 Å². The number of halogens is 1. The first-order chi connectivity index (χ1) is 14.2. The van der Waals surface area contributed by atoms with E-state index in [0.29, 0.717) is 0 Å². The topological polar surface area (TPSA) is 66.1 Å². The average molecular weight is 525 g/mol. The summed E-state index contributed by atoms with van der Waals surface area (Å²) in [6.45, 7) is 8.64. The molecule has 1 aromatic carbocycles. The molecule has 1 saturated carbocycles. The van der Waals surface area contributed by atoms with E-state index in [1.54, 1.807) is 13.4 Å². The second-order valence-electron chi connectivity index (χ2n) is 7.93. The van der Waals surface area contributed by atoms with Crippen LogP contribution in [-0.4, -0.2) is 67.3 Å². The summed E-state index contributed by atoms with van der Waals surface area (Å²) in [5, 5.41) is 7.52. The van der Waals surface area contributed by atoms with Crippen molar-refractivity contribution < 1.29 is 9.26 Å². The van der Waals surface area contributed by atoms with E-state index >= 15 is 0 Å². The van der Waals surface area contributed by atoms with E-state index < -0.39 is 0 Å². The molecule has 1 aliphatic heterocycles. The molecule has 1 saturated heterocycles. The van der Waals surface area contributed by atoms with Crippen LogP contribution >= 0.6 is 24.0 Å². The fraction of sp³-hybridized carbons (Fsp3) is 0.545. The minimum Gasteiger partial charge on any atom is -0.497 e. The third-order valence-electron chi connectivity index (χ3n) is 5.97. The normalized spacial score (nSPS) is 18.6. The summed E-state index contributed by atoms with van der Waals surface area (Å²) >= 11 is 0. The van der Waals surface area contributed by atoms with E-state index in [1.165, 1.54) is 18.4 Å². The number of nitrogens with one attached hydrogen (secondary N) is 1. The van der Waals surface area contributed by atoms with Gasteiger partial charge in [0, 0.05) is 50.7 Å². The lowest BCUT2D eigenvalue weighted by atomic mass is 9.96. The highest BCUT2D eigenvalue weighted by molar-refractivity contribution is 14.0. The van der Waals surface area contributed by atoms with Crippen molar-refractivity contribution in [3.05, 3.63) is 47.9 Å². The summed E-state index contributed by atoms with van der Waals surface area (Å²) in [5.41, 5.74) is 2.56. The second-order valence-corrected chi connectivity index (χ2v) is 7.93. The van der Waals surface area contributed by atoms with E-state index in [-0.39, 0.29) is 29.4 Å². The van der Waals surface area contributed by atoms with Gasteiger partial charge < -0.3 is 19.5 Å². The first-order valence-corrected chi connectivity index (χ1v) is 10.5. The smallest absolute Gasteiger partial charge is 0.194 e. The molecule has 1 aromatic heterocycles. The molecule has 1 N–H and O–H groups in total. The maximum atomic E-state index is 5.30. The van der Waals surface area contributed by atoms with Gasteiger partial charge in [0.25, 0.3) is 0 Å². The molecule has 7 nitrogen and oxygen atoms in total. The number of nitrogens with zero attached hydrogens (tertiary/aromatic N) is 4. The SMILES string of the molecule is CCNC(=NCC1(c2ccc(OC)cc2)CC1)N1CCN(Cc2ccon2)CC1.I. The molecule has 8 heteroatoms. The summed E-state index contributed by atoms with van der Waals surface area (Å²) in [4.78, 5) is 9.84. The zero-order valence-corrected chi connectivity index (χ0v) is 20.2. The molecule has 4 rings (SSSR count). The highest BCUT2D eigenvalue weighted by Gasteiger charge is 2.44. The standard InChI is InChI=1S/C22H31N5O2.HI/c1-3-23-21(27-13-11-26(12-14-27)16-19-8-15-29-25-19)24-17-22(9-10-22)18-4-6-20(28-2)7-5-18;/h4-8,15H,3,9-14,16-17H2,1-2H3,(H,23,24);1H. The Hall–Kier alpha value is -1.81. The number of hydrogen-bond acceptors (Lipinski definition) is 5. The van der Waals surface area contributed by atoms with Gasteiger partial charge in [-0.2, -0.15) is 0 Å². The van der Waals surface area contributed by atoms with Crippen LogP contribution < -0.4 is 10.1 Å². The van der Waals surface area contributed by atoms with E-state index in [0.717, 1.165) is 63.2 Å². The zero-order valence-electron chi connectivity index (χ0n) is 17.8. The van der Waals surface area contributed by atoms with Crippen LogP contribution in [0.5, 0.6) is 5.75 Å². The predicted molar refractivity (Wildman–Crippen MR) is 129 cm³/mol. The molecule has 164 valence electrons. The quantitative estimate of drug-likeness (QED) is 0.341. The Kier molecular flexibility index (Phi) is 7.99. The molecule has 2 aliphatic rings.